The molecule has 0 aliphatic heterocycles. The summed E-state index contributed by atoms with van der Waals surface area (Å²) in [6.07, 6.45) is 15.0. The maximum atomic E-state index is 12.7. The van der Waals surface area contributed by atoms with Crippen LogP contribution in [0.4, 0.5) is 18.9 Å². The topological polar surface area (TPSA) is 181 Å². The molecule has 0 saturated heterocycles. The van der Waals surface area contributed by atoms with Crippen LogP contribution in [0.15, 0.2) is 347 Å². The lowest BCUT2D eigenvalue weighted by molar-refractivity contribution is -0.384. The predicted octanol–water partition coefficient (Wildman–Crippen LogP) is 28.5. The fourth-order valence-electron chi connectivity index (χ4n) is 12.5. The number of benzene rings is 9. The van der Waals surface area contributed by atoms with Crippen LogP contribution in [0.2, 0.25) is 5.02 Å². The molecule has 0 fully saturated rings. The maximum Gasteiger partial charge on any atom is 0.418 e. The Morgan fingerprint density at radius 2 is 0.760 bits per heavy atom. The van der Waals surface area contributed by atoms with Gasteiger partial charge in [-0.2, -0.15) is 13.2 Å². The molecular formula is C107H105ClF3N11O3. The molecule has 0 radical (unpaired) electrons. The zero-order valence-electron chi connectivity index (χ0n) is 73.6. The number of methoxy groups -OCH3 is 1. The van der Waals surface area contributed by atoms with Crippen LogP contribution in [-0.2, 0) is 6.18 Å². The third-order valence-electron chi connectivity index (χ3n) is 18.6. The fourth-order valence-corrected chi connectivity index (χ4v) is 12.8. The van der Waals surface area contributed by atoms with E-state index < -0.39 is 16.7 Å². The summed E-state index contributed by atoms with van der Waals surface area (Å²) < 4.78 is 43.2. The SMILES string of the molecule is COc1cc(C)cc2cccnc12.Cc1cc(C(F)(F)F)c2ncccc2c1.Cc1cc(C)c2ccccc2n1.Cc1cc(C)c2ncccc2c1.Cc1cc(Cl)c2ncccc2c1.Cc1ccc(C)cc1.Cc1ccc([N+](=O)[O-])cc1.Cc1ccc2ncccc2c1.Cc1cccc2ncccc12.Cc1ccccn1.Cc1cccnc1.Cc1ccncc1. The van der Waals surface area contributed by atoms with Crippen molar-refractivity contribution in [2.75, 3.05) is 7.11 Å². The van der Waals surface area contributed by atoms with E-state index in [0.717, 1.165) is 77.7 Å². The molecular weight excluding hydrogens is 1580 g/mol. The number of pyridine rings is 10. The van der Waals surface area contributed by atoms with Crippen molar-refractivity contribution >= 4 is 93.6 Å². The van der Waals surface area contributed by atoms with Gasteiger partial charge in [0, 0.05) is 129 Å². The number of aryl methyl sites for hydroxylation is 15. The first-order chi connectivity index (χ1) is 60.0. The lowest BCUT2D eigenvalue weighted by Gasteiger charge is -2.10. The lowest BCUT2D eigenvalue weighted by atomic mass is 10.1. The Kier molecular flexibility index (Phi) is 38.0. The first-order valence-corrected chi connectivity index (χ1v) is 40.8. The number of hydrogen-bond acceptors (Lipinski definition) is 13. The zero-order valence-corrected chi connectivity index (χ0v) is 74.3. The van der Waals surface area contributed by atoms with E-state index in [1.165, 1.54) is 101 Å². The summed E-state index contributed by atoms with van der Waals surface area (Å²) in [4.78, 5) is 50.9. The first-order valence-electron chi connectivity index (χ1n) is 40.5. The van der Waals surface area contributed by atoms with Crippen LogP contribution in [0.25, 0.3) is 76.3 Å². The Bertz CT molecular complexity index is 6260. The second-order valence-electron chi connectivity index (χ2n) is 29.6. The molecule has 10 heterocycles. The number of alkyl halides is 3. The molecule has 0 aliphatic rings. The molecule has 19 aromatic rings. The monoisotopic (exact) mass is 1680 g/mol. The summed E-state index contributed by atoms with van der Waals surface area (Å²) in [7, 11) is 1.67. The quantitative estimate of drug-likeness (QED) is 0.118. The smallest absolute Gasteiger partial charge is 0.418 e. The number of nitrogens with zero attached hydrogens (tertiary/aromatic N) is 11. The molecule has 0 aliphatic carbocycles. The van der Waals surface area contributed by atoms with E-state index in [9.17, 15) is 23.3 Å². The van der Waals surface area contributed by atoms with Gasteiger partial charge in [0.15, 0.2) is 0 Å². The largest absolute Gasteiger partial charge is 0.494 e. The molecule has 125 heavy (non-hydrogen) atoms. The van der Waals surface area contributed by atoms with Gasteiger partial charge < -0.3 is 4.74 Å². The number of fused-ring (bicyclic) bond motifs is 7. The molecule has 0 amide bonds. The van der Waals surface area contributed by atoms with E-state index in [1.54, 1.807) is 81.5 Å². The van der Waals surface area contributed by atoms with Crippen LogP contribution in [0, 0.1) is 114 Å². The zero-order chi connectivity index (χ0) is 90.2. The molecule has 19 rings (SSSR count). The summed E-state index contributed by atoms with van der Waals surface area (Å²) in [5, 5.41) is 18.5. The van der Waals surface area contributed by atoms with Gasteiger partial charge >= 0.3 is 6.18 Å². The number of aromatic nitrogens is 10. The van der Waals surface area contributed by atoms with E-state index in [0.29, 0.717) is 10.9 Å². The summed E-state index contributed by atoms with van der Waals surface area (Å²) in [6, 6.07) is 90.0. The van der Waals surface area contributed by atoms with Crippen LogP contribution in [-0.4, -0.2) is 61.9 Å². The Hall–Kier alpha value is -14.4. The molecule has 0 spiro atoms. The number of nitro benzene ring substituents is 1. The highest BCUT2D eigenvalue weighted by molar-refractivity contribution is 6.35. The van der Waals surface area contributed by atoms with Crippen molar-refractivity contribution in [2.45, 2.75) is 110 Å². The van der Waals surface area contributed by atoms with Crippen molar-refractivity contribution in [3.8, 4) is 5.75 Å². The predicted molar refractivity (Wildman–Crippen MR) is 512 cm³/mol. The van der Waals surface area contributed by atoms with Crippen LogP contribution in [0.1, 0.15) is 89.3 Å². The summed E-state index contributed by atoms with van der Waals surface area (Å²) in [5.74, 6) is 0.843. The van der Waals surface area contributed by atoms with Crippen molar-refractivity contribution in [1.82, 2.24) is 49.8 Å². The van der Waals surface area contributed by atoms with Gasteiger partial charge in [-0.05, 0) is 288 Å². The van der Waals surface area contributed by atoms with E-state index in [1.807, 2.05) is 194 Å². The van der Waals surface area contributed by atoms with Gasteiger partial charge in [-0.3, -0.25) is 60.0 Å². The van der Waals surface area contributed by atoms with E-state index in [-0.39, 0.29) is 11.2 Å². The Labute approximate surface area is 736 Å². The molecule has 18 heteroatoms. The number of ether oxygens (including phenoxy) is 1. The molecule has 0 N–H and O–H groups in total. The number of hydrogen-bond donors (Lipinski definition) is 0. The Morgan fingerprint density at radius 1 is 0.312 bits per heavy atom. The number of nitro groups is 1. The molecule has 9 aromatic carbocycles. The lowest BCUT2D eigenvalue weighted by Crippen LogP contribution is -2.07. The van der Waals surface area contributed by atoms with Gasteiger partial charge in [0.1, 0.15) is 11.3 Å². The van der Waals surface area contributed by atoms with Crippen LogP contribution >= 0.6 is 11.6 Å². The van der Waals surface area contributed by atoms with E-state index in [4.69, 9.17) is 16.3 Å². The van der Waals surface area contributed by atoms with Crippen molar-refractivity contribution in [2.24, 2.45) is 0 Å². The molecule has 0 atom stereocenters. The molecule has 10 aromatic heterocycles. The highest BCUT2D eigenvalue weighted by atomic mass is 35.5. The third kappa shape index (κ3) is 32.5. The Balaban J connectivity index is 0.000000170. The molecule has 14 nitrogen and oxygen atoms in total. The minimum absolute atomic E-state index is 0.00981. The first kappa shape index (κ1) is 96.0. The maximum absolute atomic E-state index is 12.7. The number of para-hydroxylation sites is 1. The molecule has 0 bridgehead atoms. The van der Waals surface area contributed by atoms with Crippen molar-refractivity contribution < 1.29 is 22.8 Å². The van der Waals surface area contributed by atoms with Gasteiger partial charge in [-0.1, -0.05) is 167 Å². The van der Waals surface area contributed by atoms with E-state index in [2.05, 4.69) is 208 Å². The standard InChI is InChI=1S/C11H8F3N.C11H11NO.2C11H11N.C10H8ClN.2C10H9N.C8H10.C7H7NO2.3C6H7N/c1-7-5-8-3-2-4-15-10(8)9(6-7)11(12,13)14;1-8-6-9-4-3-5-12-11(9)10(7-8)13-2;1-8-6-9(2)11-10(7-8)4-3-5-12-11;1-8-7-9(2)12-11-6-4-3-5-10(8)11;1-7-5-8-3-2-4-12-10(8)9(11)6-7;1-8-4-2-6-10-9(8)5-3-7-11-10;1-8-4-5-10-9(7-8)3-2-6-11-10;1-7-3-5-8(2)6-4-7;1-6-2-4-7(5-3-6)8(9)10;1-6-2-4-7-5-3-6;1-6-3-2-4-7-5-6;1-6-4-2-3-5-7-6/h2-6H,1H3;3-7H,1-2H3;2*3-7H,1-2H3;2-6H,1H3;2*2-7H,1H3;3-6H,1-2H3;2-5H,1H3;3*2-5H,1H3. The highest BCUT2D eigenvalue weighted by Gasteiger charge is 2.33. The average molecular weight is 1690 g/mol. The summed E-state index contributed by atoms with van der Waals surface area (Å²) >= 11 is 6.00. The highest BCUT2D eigenvalue weighted by Crippen LogP contribution is 2.35. The van der Waals surface area contributed by atoms with Crippen LogP contribution in [0.3, 0.4) is 0 Å². The van der Waals surface area contributed by atoms with Gasteiger partial charge in [0.2, 0.25) is 0 Å². The van der Waals surface area contributed by atoms with Crippen LogP contribution in [0.5, 0.6) is 5.75 Å². The van der Waals surface area contributed by atoms with Crippen molar-refractivity contribution in [3.05, 3.63) is 452 Å². The normalized spacial score (nSPS) is 10.1. The minimum atomic E-state index is -4.35. The minimum Gasteiger partial charge on any atom is -0.494 e. The number of non-ortho nitro benzene ring substituents is 1. The van der Waals surface area contributed by atoms with Crippen LogP contribution < -0.4 is 4.74 Å². The fraction of sp³-hybridized carbons (Fsp3) is 0.159. The summed E-state index contributed by atoms with van der Waals surface area (Å²) in [5.41, 5.74) is 23.3. The van der Waals surface area contributed by atoms with Crippen molar-refractivity contribution in [1.29, 1.82) is 0 Å². The second kappa shape index (κ2) is 49.5. The molecule has 0 unspecified atom stereocenters. The average Bonchev–Trinajstić information content (AvgIpc) is 0.791. The summed E-state index contributed by atoms with van der Waals surface area (Å²) in [6.45, 7) is 30.4. The van der Waals surface area contributed by atoms with Gasteiger partial charge in [-0.25, -0.2) is 0 Å². The Morgan fingerprint density at radius 3 is 1.29 bits per heavy atom. The molecule has 634 valence electrons. The van der Waals surface area contributed by atoms with Crippen molar-refractivity contribution in [3.63, 3.8) is 0 Å². The molecule has 0 saturated carbocycles. The second-order valence-corrected chi connectivity index (χ2v) is 30.0. The number of halogens is 4. The van der Waals surface area contributed by atoms with E-state index >= 15 is 0 Å². The van der Waals surface area contributed by atoms with Gasteiger partial charge in [0.25, 0.3) is 5.69 Å². The third-order valence-corrected chi connectivity index (χ3v) is 18.9. The van der Waals surface area contributed by atoms with Gasteiger partial charge in [-0.15, -0.1) is 0 Å². The number of rotatable bonds is 2. The van der Waals surface area contributed by atoms with Gasteiger partial charge in [0.05, 0.1) is 55.7 Å².